The Morgan fingerprint density at radius 2 is 2.18 bits per heavy atom. The van der Waals surface area contributed by atoms with E-state index in [4.69, 9.17) is 10.5 Å². The van der Waals surface area contributed by atoms with Crippen LogP contribution < -0.4 is 31.7 Å². The van der Waals surface area contributed by atoms with Crippen molar-refractivity contribution in [2.45, 2.75) is 45.2 Å². The highest BCUT2D eigenvalue weighted by atomic mass is 19.1. The van der Waals surface area contributed by atoms with Gasteiger partial charge >= 0.3 is 0 Å². The third kappa shape index (κ3) is 7.69. The van der Waals surface area contributed by atoms with E-state index in [9.17, 15) is 4.39 Å². The third-order valence-corrected chi connectivity index (χ3v) is 4.03. The predicted molar refractivity (Wildman–Crippen MR) is 112 cm³/mol. The fourth-order valence-corrected chi connectivity index (χ4v) is 2.80. The van der Waals surface area contributed by atoms with Crippen LogP contribution in [0, 0.1) is 5.82 Å². The molecule has 1 aliphatic rings. The molecule has 1 atom stereocenters. The molecule has 0 spiro atoms. The average molecular weight is 394 g/mol. The van der Waals surface area contributed by atoms with Crippen LogP contribution in [0.4, 0.5) is 10.1 Å². The van der Waals surface area contributed by atoms with Gasteiger partial charge in [0.25, 0.3) is 0 Å². The molecule has 28 heavy (non-hydrogen) atoms. The highest BCUT2D eigenvalue weighted by molar-refractivity contribution is 6.01. The first-order chi connectivity index (χ1) is 13.3. The van der Waals surface area contributed by atoms with Gasteiger partial charge < -0.3 is 26.4 Å². The zero-order valence-corrected chi connectivity index (χ0v) is 17.1. The third-order valence-electron chi connectivity index (χ3n) is 4.03. The van der Waals surface area contributed by atoms with E-state index < -0.39 is 5.82 Å². The molecular weight excluding hydrogens is 361 g/mol. The van der Waals surface area contributed by atoms with Crippen molar-refractivity contribution in [3.63, 3.8) is 0 Å². The molecule has 2 rings (SSSR count). The minimum absolute atomic E-state index is 0.173. The van der Waals surface area contributed by atoms with Crippen molar-refractivity contribution < 1.29 is 9.13 Å². The Hall–Kier alpha value is -2.39. The molecular formula is C19H32FN7O. The number of ether oxygens (including phenoxy) is 1. The summed E-state index contributed by atoms with van der Waals surface area (Å²) in [5.74, 6) is 0.213. The number of rotatable bonds is 6. The number of benzene rings is 1. The molecule has 6 N–H and O–H groups in total. The van der Waals surface area contributed by atoms with Gasteiger partial charge in [0, 0.05) is 29.9 Å². The van der Waals surface area contributed by atoms with Gasteiger partial charge in [-0.2, -0.15) is 4.99 Å². The number of methoxy groups -OCH3 is 1. The van der Waals surface area contributed by atoms with Crippen LogP contribution in [0.3, 0.4) is 0 Å². The van der Waals surface area contributed by atoms with Crippen molar-refractivity contribution in [2.24, 2.45) is 15.7 Å². The van der Waals surface area contributed by atoms with Crippen LogP contribution in [-0.2, 0) is 0 Å². The monoisotopic (exact) mass is 393 g/mol. The molecule has 1 unspecified atom stereocenters. The zero-order valence-electron chi connectivity index (χ0n) is 17.1. The molecule has 0 radical (unpaired) electrons. The Kier molecular flexibility index (Phi) is 8.01. The molecule has 1 fully saturated rings. The quantitative estimate of drug-likeness (QED) is 0.285. The van der Waals surface area contributed by atoms with E-state index in [1.807, 2.05) is 20.8 Å². The molecule has 8 nitrogen and oxygen atoms in total. The van der Waals surface area contributed by atoms with Crippen LogP contribution in [0.5, 0.6) is 5.75 Å². The van der Waals surface area contributed by atoms with Crippen molar-refractivity contribution >= 4 is 17.6 Å². The normalized spacial score (nSPS) is 18.2. The van der Waals surface area contributed by atoms with E-state index in [-0.39, 0.29) is 23.2 Å². The fourth-order valence-electron chi connectivity index (χ4n) is 2.80. The van der Waals surface area contributed by atoms with Crippen molar-refractivity contribution in [2.75, 3.05) is 32.2 Å². The molecule has 1 aliphatic heterocycles. The molecule has 1 aromatic rings. The van der Waals surface area contributed by atoms with Gasteiger partial charge in [-0.25, -0.2) is 9.38 Å². The molecule has 1 saturated heterocycles. The van der Waals surface area contributed by atoms with Crippen molar-refractivity contribution in [1.29, 1.82) is 0 Å². The number of anilines is 1. The number of aliphatic imine (C=N–C) groups is 2. The SMILES string of the molecule is COc1ccc(NC(=N/CNCC2CCCN2)/N=C(\N)NC(C)(C)C)cc1F. The fraction of sp³-hybridized carbons (Fsp3) is 0.579. The Labute approximate surface area is 166 Å². The van der Waals surface area contributed by atoms with E-state index in [2.05, 4.69) is 31.3 Å². The van der Waals surface area contributed by atoms with Crippen molar-refractivity contribution in [3.05, 3.63) is 24.0 Å². The number of hydrogen-bond donors (Lipinski definition) is 5. The lowest BCUT2D eigenvalue weighted by molar-refractivity contribution is 0.386. The maximum atomic E-state index is 14.0. The van der Waals surface area contributed by atoms with Gasteiger partial charge in [-0.15, -0.1) is 0 Å². The Morgan fingerprint density at radius 3 is 2.79 bits per heavy atom. The summed E-state index contributed by atoms with van der Waals surface area (Å²) in [6.07, 6.45) is 2.36. The van der Waals surface area contributed by atoms with Crippen molar-refractivity contribution in [3.8, 4) is 5.75 Å². The molecule has 1 heterocycles. The number of nitrogens with zero attached hydrogens (tertiary/aromatic N) is 2. The second kappa shape index (κ2) is 10.2. The minimum atomic E-state index is -0.470. The van der Waals surface area contributed by atoms with Crippen LogP contribution >= 0.6 is 0 Å². The standard InChI is InChI=1S/C19H32FN7O/c1-19(2,3)27-17(21)26-18(24-12-22-11-14-6-5-9-23-14)25-13-7-8-16(28-4)15(20)10-13/h7-8,10,14,22-23H,5-6,9,11-12H2,1-4H3,(H4,21,24,25,26,27). The summed E-state index contributed by atoms with van der Waals surface area (Å²) in [7, 11) is 1.42. The van der Waals surface area contributed by atoms with Crippen LogP contribution in [0.25, 0.3) is 0 Å². The lowest BCUT2D eigenvalue weighted by Gasteiger charge is -2.21. The second-order valence-corrected chi connectivity index (χ2v) is 7.73. The van der Waals surface area contributed by atoms with Crippen LogP contribution in [0.1, 0.15) is 33.6 Å². The van der Waals surface area contributed by atoms with Gasteiger partial charge in [0.05, 0.1) is 13.8 Å². The molecule has 9 heteroatoms. The molecule has 0 aliphatic carbocycles. The van der Waals surface area contributed by atoms with E-state index in [1.165, 1.54) is 19.6 Å². The van der Waals surface area contributed by atoms with Crippen LogP contribution in [-0.4, -0.2) is 50.4 Å². The summed E-state index contributed by atoms with van der Waals surface area (Å²) >= 11 is 0. The van der Waals surface area contributed by atoms with Crippen molar-refractivity contribution in [1.82, 2.24) is 16.0 Å². The van der Waals surface area contributed by atoms with Gasteiger partial charge in [-0.3, -0.25) is 5.32 Å². The summed E-state index contributed by atoms with van der Waals surface area (Å²) in [6.45, 7) is 8.20. The van der Waals surface area contributed by atoms with E-state index >= 15 is 0 Å². The van der Waals surface area contributed by atoms with Gasteiger partial charge in [0.1, 0.15) is 0 Å². The molecule has 1 aromatic carbocycles. The topological polar surface area (TPSA) is 108 Å². The predicted octanol–water partition coefficient (Wildman–Crippen LogP) is 1.60. The number of nitrogens with two attached hydrogens (primary N) is 1. The lowest BCUT2D eigenvalue weighted by atomic mass is 10.1. The van der Waals surface area contributed by atoms with E-state index in [0.29, 0.717) is 18.4 Å². The molecule has 0 bridgehead atoms. The Bertz CT molecular complexity index is 694. The number of hydrogen-bond acceptors (Lipinski definition) is 4. The van der Waals surface area contributed by atoms with Gasteiger partial charge in [-0.05, 0) is 52.3 Å². The van der Waals surface area contributed by atoms with Gasteiger partial charge in [0.15, 0.2) is 17.5 Å². The maximum Gasteiger partial charge on any atom is 0.227 e. The summed E-state index contributed by atoms with van der Waals surface area (Å²) in [4.78, 5) is 8.74. The highest BCUT2D eigenvalue weighted by Gasteiger charge is 2.13. The first kappa shape index (κ1) is 21.9. The Balaban J connectivity index is 2.06. The van der Waals surface area contributed by atoms with Crippen LogP contribution in [0.2, 0.25) is 0 Å². The lowest BCUT2D eigenvalue weighted by Crippen LogP contribution is -2.45. The van der Waals surface area contributed by atoms with Gasteiger partial charge in [-0.1, -0.05) is 0 Å². The number of halogens is 1. The molecule has 0 amide bonds. The molecule has 0 aromatic heterocycles. The first-order valence-corrected chi connectivity index (χ1v) is 9.48. The van der Waals surface area contributed by atoms with E-state index in [1.54, 1.807) is 12.1 Å². The van der Waals surface area contributed by atoms with Gasteiger partial charge in [0.2, 0.25) is 5.96 Å². The van der Waals surface area contributed by atoms with Crippen LogP contribution in [0.15, 0.2) is 28.2 Å². The maximum absolute atomic E-state index is 14.0. The summed E-state index contributed by atoms with van der Waals surface area (Å²) < 4.78 is 18.9. The average Bonchev–Trinajstić information content (AvgIpc) is 3.10. The smallest absolute Gasteiger partial charge is 0.227 e. The number of guanidine groups is 2. The zero-order chi connectivity index (χ0) is 20.6. The largest absolute Gasteiger partial charge is 0.494 e. The second-order valence-electron chi connectivity index (χ2n) is 7.73. The summed E-state index contributed by atoms with van der Waals surface area (Å²) in [5, 5.41) is 12.8. The molecule has 156 valence electrons. The highest BCUT2D eigenvalue weighted by Crippen LogP contribution is 2.20. The first-order valence-electron chi connectivity index (χ1n) is 9.48. The van der Waals surface area contributed by atoms with E-state index in [0.717, 1.165) is 19.5 Å². The number of nitrogens with one attached hydrogen (secondary N) is 4. The Morgan fingerprint density at radius 1 is 1.39 bits per heavy atom. The summed E-state index contributed by atoms with van der Waals surface area (Å²) in [5.41, 5.74) is 6.25. The molecule has 0 saturated carbocycles. The minimum Gasteiger partial charge on any atom is -0.494 e. The summed E-state index contributed by atoms with van der Waals surface area (Å²) in [6, 6.07) is 5.03.